The lowest BCUT2D eigenvalue weighted by molar-refractivity contribution is -0.157. The number of nitrogens with one attached hydrogen (secondary N) is 4. The molecule has 7 atom stereocenters. The lowest BCUT2D eigenvalue weighted by atomic mass is 9.94. The molecule has 1 heterocycles. The number of likely N-dealkylation sites (N-methyl/N-ethyl adjacent to an activating group) is 1. The summed E-state index contributed by atoms with van der Waals surface area (Å²) in [6.07, 6.45) is 7.44. The smallest absolute Gasteiger partial charge is 0.325 e. The number of rotatable bonds is 16. The van der Waals surface area contributed by atoms with Gasteiger partial charge >= 0.3 is 5.97 Å². The van der Waals surface area contributed by atoms with E-state index in [0.29, 0.717) is 19.3 Å². The number of hydrogen-bond acceptors (Lipinski definition) is 9. The Morgan fingerprint density at radius 3 is 2.00 bits per heavy atom. The van der Waals surface area contributed by atoms with Crippen molar-refractivity contribution in [1.82, 2.24) is 26.2 Å². The number of amides is 5. The third-order valence-corrected chi connectivity index (χ3v) is 9.92. The number of carbonyl (C=O) groups excluding carboxylic acids is 6. The van der Waals surface area contributed by atoms with Crippen LogP contribution in [0.1, 0.15) is 111 Å². The number of benzene rings is 1. The van der Waals surface area contributed by atoms with Crippen molar-refractivity contribution in [2.75, 3.05) is 20.1 Å². The monoisotopic (exact) mass is 758 g/mol. The lowest BCUT2D eigenvalue weighted by Gasteiger charge is -2.34. The van der Waals surface area contributed by atoms with E-state index < -0.39 is 84.3 Å². The molecule has 1 aromatic rings. The third-order valence-electron chi connectivity index (χ3n) is 9.92. The second kappa shape index (κ2) is 24.4. The Kier molecular flexibility index (Phi) is 20.8. The zero-order valence-corrected chi connectivity index (χ0v) is 33.2. The molecule has 0 aliphatic carbocycles. The molecule has 54 heavy (non-hydrogen) atoms. The van der Waals surface area contributed by atoms with E-state index in [1.807, 2.05) is 44.2 Å². The van der Waals surface area contributed by atoms with E-state index >= 15 is 0 Å². The van der Waals surface area contributed by atoms with Gasteiger partial charge in [0.1, 0.15) is 36.8 Å². The highest BCUT2D eigenvalue weighted by atomic mass is 16.5. The van der Waals surface area contributed by atoms with E-state index in [4.69, 9.17) is 10.5 Å². The van der Waals surface area contributed by atoms with Gasteiger partial charge in [-0.2, -0.15) is 0 Å². The zero-order chi connectivity index (χ0) is 40.2. The highest BCUT2D eigenvalue weighted by molar-refractivity contribution is 5.96. The summed E-state index contributed by atoms with van der Waals surface area (Å²) in [7, 11) is 1.54. The summed E-state index contributed by atoms with van der Waals surface area (Å²) in [4.78, 5) is 83.0. The summed E-state index contributed by atoms with van der Waals surface area (Å²) >= 11 is 0. The van der Waals surface area contributed by atoms with Gasteiger partial charge in [-0.05, 0) is 50.5 Å². The topological polar surface area (TPSA) is 209 Å². The third kappa shape index (κ3) is 15.7. The molecule has 14 heteroatoms. The number of aliphatic hydroxyl groups excluding tert-OH is 1. The van der Waals surface area contributed by atoms with Crippen molar-refractivity contribution in [3.63, 3.8) is 0 Å². The minimum atomic E-state index is -1.49. The first-order chi connectivity index (χ1) is 25.7. The van der Waals surface area contributed by atoms with Crippen molar-refractivity contribution < 1.29 is 38.6 Å². The van der Waals surface area contributed by atoms with Crippen LogP contribution in [0.4, 0.5) is 0 Å². The number of ether oxygens (including phenoxy) is 1. The van der Waals surface area contributed by atoms with Crippen molar-refractivity contribution in [2.24, 2.45) is 17.6 Å². The first kappa shape index (κ1) is 46.1. The largest absolute Gasteiger partial charge is 0.460 e. The first-order valence-electron chi connectivity index (χ1n) is 19.8. The quantitative estimate of drug-likeness (QED) is 0.108. The van der Waals surface area contributed by atoms with Crippen LogP contribution in [0.2, 0.25) is 0 Å². The van der Waals surface area contributed by atoms with Crippen LogP contribution in [-0.4, -0.2) is 102 Å². The molecular formula is C40H66N6O8. The molecule has 1 fully saturated rings. The number of nitrogens with two attached hydrogens (primary N) is 1. The van der Waals surface area contributed by atoms with Crippen LogP contribution in [-0.2, 0) is 39.9 Å². The minimum Gasteiger partial charge on any atom is -0.460 e. The molecule has 0 saturated carbocycles. The average Bonchev–Trinajstić information content (AvgIpc) is 3.14. The maximum absolute atomic E-state index is 14.1. The number of aliphatic hydroxyl groups is 1. The Morgan fingerprint density at radius 2 is 1.41 bits per heavy atom. The summed E-state index contributed by atoms with van der Waals surface area (Å²) in [6.45, 7) is 8.04. The van der Waals surface area contributed by atoms with Crippen LogP contribution in [0.25, 0.3) is 0 Å². The molecule has 1 aliphatic rings. The van der Waals surface area contributed by atoms with Crippen LogP contribution in [0.15, 0.2) is 30.3 Å². The van der Waals surface area contributed by atoms with Gasteiger partial charge in [0.25, 0.3) is 0 Å². The molecule has 1 aliphatic heterocycles. The molecule has 1 saturated heterocycles. The van der Waals surface area contributed by atoms with Gasteiger partial charge in [0, 0.05) is 13.6 Å². The molecule has 2 rings (SSSR count). The van der Waals surface area contributed by atoms with Gasteiger partial charge in [-0.3, -0.25) is 28.8 Å². The Morgan fingerprint density at radius 1 is 0.815 bits per heavy atom. The second-order valence-electron chi connectivity index (χ2n) is 15.0. The molecule has 7 N–H and O–H groups in total. The summed E-state index contributed by atoms with van der Waals surface area (Å²) < 4.78 is 5.83. The molecular weight excluding hydrogens is 692 g/mol. The van der Waals surface area contributed by atoms with Crippen LogP contribution in [0.5, 0.6) is 0 Å². The van der Waals surface area contributed by atoms with Crippen molar-refractivity contribution in [3.8, 4) is 0 Å². The Hall–Kier alpha value is -4.04. The van der Waals surface area contributed by atoms with Gasteiger partial charge < -0.3 is 41.7 Å². The predicted molar refractivity (Wildman–Crippen MR) is 207 cm³/mol. The summed E-state index contributed by atoms with van der Waals surface area (Å²) in [6, 6.07) is 4.48. The highest BCUT2D eigenvalue weighted by Crippen LogP contribution is 2.22. The van der Waals surface area contributed by atoms with Crippen molar-refractivity contribution in [2.45, 2.75) is 148 Å². The number of unbranched alkanes of at least 4 members (excludes halogenated alkanes) is 7. The molecule has 0 radical (unpaired) electrons. The van der Waals surface area contributed by atoms with E-state index in [1.54, 1.807) is 6.92 Å². The number of aryl methyl sites for hydroxylation is 1. The van der Waals surface area contributed by atoms with E-state index in [9.17, 15) is 33.9 Å². The number of carbonyl (C=O) groups is 6. The fourth-order valence-corrected chi connectivity index (χ4v) is 6.55. The van der Waals surface area contributed by atoms with Gasteiger partial charge in [-0.15, -0.1) is 0 Å². The maximum Gasteiger partial charge on any atom is 0.325 e. The maximum atomic E-state index is 14.1. The number of nitrogens with zero attached hydrogens (tertiary/aromatic N) is 1. The SMILES string of the molecule is CCCCCCCCCC[C@H]1OC(=O)CNC(=O)[C@H]([C@H](C)O)NC(=O)[C@H](CN)NC(=O)[C@H](CCc2ccccc2)NC(=O)[C@H](CC(C)C)N(C)C(=O)[C@@H]1C. The normalized spacial score (nSPS) is 24.7. The fourth-order valence-electron chi connectivity index (χ4n) is 6.55. The molecule has 0 unspecified atom stereocenters. The van der Waals surface area contributed by atoms with Gasteiger partial charge in [0.05, 0.1) is 12.0 Å². The molecule has 0 spiro atoms. The zero-order valence-electron chi connectivity index (χ0n) is 33.2. The summed E-state index contributed by atoms with van der Waals surface area (Å²) in [5.74, 6) is -4.99. The minimum absolute atomic E-state index is 0.00810. The standard InChI is InChI=1S/C40H66N6O8/c1-7-8-9-10-11-12-13-17-20-33-27(4)40(53)46(6)32(23-26(2)3)38(51)43-30(22-21-29-18-15-14-16-19-29)36(49)44-31(24-41)37(50)45-35(28(5)47)39(52)42-25-34(48)54-33/h14-16,18-19,26-28,30-33,35,47H,7-13,17,20-25,41H2,1-6H3,(H,42,52)(H,43,51)(H,44,49)(H,45,50)/t27-,28+,30+,31+,32+,33-,35+/m1/s1. The predicted octanol–water partition coefficient (Wildman–Crippen LogP) is 2.49. The number of esters is 1. The highest BCUT2D eigenvalue weighted by Gasteiger charge is 2.37. The fraction of sp³-hybridized carbons (Fsp3) is 0.700. The van der Waals surface area contributed by atoms with E-state index in [0.717, 1.165) is 31.2 Å². The van der Waals surface area contributed by atoms with Crippen molar-refractivity contribution in [3.05, 3.63) is 35.9 Å². The molecule has 14 nitrogen and oxygen atoms in total. The van der Waals surface area contributed by atoms with E-state index in [1.165, 1.54) is 38.1 Å². The Bertz CT molecular complexity index is 1340. The van der Waals surface area contributed by atoms with Gasteiger partial charge in [0.15, 0.2) is 0 Å². The van der Waals surface area contributed by atoms with Crippen molar-refractivity contribution >= 4 is 35.5 Å². The Balaban J connectivity index is 2.48. The second-order valence-corrected chi connectivity index (χ2v) is 15.0. The molecule has 0 bridgehead atoms. The van der Waals surface area contributed by atoms with Crippen LogP contribution >= 0.6 is 0 Å². The summed E-state index contributed by atoms with van der Waals surface area (Å²) in [5, 5.41) is 20.7. The van der Waals surface area contributed by atoms with Crippen LogP contribution in [0, 0.1) is 11.8 Å². The van der Waals surface area contributed by atoms with E-state index in [-0.39, 0.29) is 25.3 Å². The van der Waals surface area contributed by atoms with Crippen LogP contribution in [0.3, 0.4) is 0 Å². The number of hydrogen-bond donors (Lipinski definition) is 6. The molecule has 304 valence electrons. The molecule has 0 aromatic heterocycles. The average molecular weight is 759 g/mol. The molecule has 5 amide bonds. The first-order valence-corrected chi connectivity index (χ1v) is 19.8. The van der Waals surface area contributed by atoms with Crippen LogP contribution < -0.4 is 27.0 Å². The molecule has 1 aromatic carbocycles. The summed E-state index contributed by atoms with van der Waals surface area (Å²) in [5.41, 5.74) is 6.81. The van der Waals surface area contributed by atoms with E-state index in [2.05, 4.69) is 28.2 Å². The Labute approximate surface area is 321 Å². The lowest BCUT2D eigenvalue weighted by Crippen LogP contribution is -2.61. The van der Waals surface area contributed by atoms with Gasteiger partial charge in [0.2, 0.25) is 29.5 Å². The van der Waals surface area contributed by atoms with Gasteiger partial charge in [-0.25, -0.2) is 0 Å². The van der Waals surface area contributed by atoms with Crippen molar-refractivity contribution in [1.29, 1.82) is 0 Å². The number of cyclic esters (lactones) is 1. The van der Waals surface area contributed by atoms with Gasteiger partial charge in [-0.1, -0.05) is 103 Å².